The summed E-state index contributed by atoms with van der Waals surface area (Å²) in [6.07, 6.45) is 10.5. The van der Waals surface area contributed by atoms with Crippen LogP contribution in [0.2, 0.25) is 0 Å². The Bertz CT molecular complexity index is 200. The molecule has 0 aromatic heterocycles. The molecule has 94 valence electrons. The van der Waals surface area contributed by atoms with Crippen LogP contribution in [-0.4, -0.2) is 30.0 Å². The van der Waals surface area contributed by atoms with Gasteiger partial charge in [0.1, 0.15) is 0 Å². The summed E-state index contributed by atoms with van der Waals surface area (Å²) in [6, 6.07) is 0. The molecule has 1 saturated carbocycles. The zero-order valence-corrected chi connectivity index (χ0v) is 11.4. The van der Waals surface area contributed by atoms with Crippen LogP contribution in [0.1, 0.15) is 51.4 Å². The highest BCUT2D eigenvalue weighted by Gasteiger charge is 2.14. The molecule has 3 heteroatoms. The maximum absolute atomic E-state index is 5.48. The summed E-state index contributed by atoms with van der Waals surface area (Å²) in [7, 11) is 2.25. The molecule has 0 heterocycles. The fraction of sp³-hybridized carbons (Fsp3) is 0.923. The normalized spacial score (nSPS) is 17.9. The predicted molar refractivity (Wildman–Crippen MR) is 74.7 cm³/mol. The second-order valence-corrected chi connectivity index (χ2v) is 5.71. The van der Waals surface area contributed by atoms with Crippen molar-refractivity contribution < 1.29 is 0 Å². The van der Waals surface area contributed by atoms with Crippen molar-refractivity contribution in [2.45, 2.75) is 51.4 Å². The molecule has 0 saturated heterocycles. The third-order valence-electron chi connectivity index (χ3n) is 3.51. The molecule has 0 aliphatic heterocycles. The summed E-state index contributed by atoms with van der Waals surface area (Å²) < 4.78 is 0. The molecule has 0 atom stereocenters. The molecule has 1 fully saturated rings. The van der Waals surface area contributed by atoms with E-state index in [1.165, 1.54) is 51.6 Å². The fourth-order valence-electron chi connectivity index (χ4n) is 2.58. The highest BCUT2D eigenvalue weighted by Crippen LogP contribution is 2.24. The molecule has 1 aliphatic carbocycles. The van der Waals surface area contributed by atoms with Crippen molar-refractivity contribution >= 4 is 17.2 Å². The number of hydrogen-bond acceptors (Lipinski definition) is 2. The topological polar surface area (TPSA) is 29.3 Å². The van der Waals surface area contributed by atoms with Crippen LogP contribution in [0.5, 0.6) is 0 Å². The summed E-state index contributed by atoms with van der Waals surface area (Å²) in [5, 5.41) is 0. The van der Waals surface area contributed by atoms with Crippen LogP contribution < -0.4 is 5.73 Å². The van der Waals surface area contributed by atoms with Gasteiger partial charge in [-0.2, -0.15) is 0 Å². The van der Waals surface area contributed by atoms with Gasteiger partial charge < -0.3 is 10.6 Å². The van der Waals surface area contributed by atoms with Crippen LogP contribution in [0.15, 0.2) is 0 Å². The van der Waals surface area contributed by atoms with Crippen molar-refractivity contribution in [1.29, 1.82) is 0 Å². The van der Waals surface area contributed by atoms with Crippen LogP contribution in [0.3, 0.4) is 0 Å². The lowest BCUT2D eigenvalue weighted by atomic mass is 9.89. The van der Waals surface area contributed by atoms with Crippen molar-refractivity contribution in [3.05, 3.63) is 0 Å². The first-order valence-electron chi connectivity index (χ1n) is 6.65. The van der Waals surface area contributed by atoms with Gasteiger partial charge in [-0.25, -0.2) is 0 Å². The molecule has 0 aromatic rings. The van der Waals surface area contributed by atoms with E-state index in [0.717, 1.165) is 18.8 Å². The quantitative estimate of drug-likeness (QED) is 0.550. The van der Waals surface area contributed by atoms with Gasteiger partial charge in [-0.3, -0.25) is 0 Å². The number of thiocarbonyl (C=S) groups is 1. The monoisotopic (exact) mass is 242 g/mol. The largest absolute Gasteiger partial charge is 0.393 e. The van der Waals surface area contributed by atoms with Gasteiger partial charge in [0, 0.05) is 6.54 Å². The second-order valence-electron chi connectivity index (χ2n) is 5.19. The highest BCUT2D eigenvalue weighted by molar-refractivity contribution is 7.80. The standard InChI is InChI=1S/C13H26N2S/c1-15(10-6-5-9-13(14)16)11-12-7-3-2-4-8-12/h12H,2-11H2,1H3,(H2,14,16). The van der Waals surface area contributed by atoms with Gasteiger partial charge in [-0.05, 0) is 51.6 Å². The zero-order valence-electron chi connectivity index (χ0n) is 10.6. The molecular weight excluding hydrogens is 216 g/mol. The molecule has 1 aliphatic rings. The maximum Gasteiger partial charge on any atom is 0.0727 e. The highest BCUT2D eigenvalue weighted by atomic mass is 32.1. The smallest absolute Gasteiger partial charge is 0.0727 e. The van der Waals surface area contributed by atoms with Crippen molar-refractivity contribution in [1.82, 2.24) is 4.90 Å². The van der Waals surface area contributed by atoms with Crippen LogP contribution >= 0.6 is 12.2 Å². The summed E-state index contributed by atoms with van der Waals surface area (Å²) in [5.41, 5.74) is 5.48. The van der Waals surface area contributed by atoms with Crippen molar-refractivity contribution in [2.24, 2.45) is 11.7 Å². The minimum absolute atomic E-state index is 0.662. The van der Waals surface area contributed by atoms with E-state index in [4.69, 9.17) is 18.0 Å². The molecule has 0 bridgehead atoms. The van der Waals surface area contributed by atoms with E-state index in [9.17, 15) is 0 Å². The van der Waals surface area contributed by atoms with Crippen LogP contribution in [0.4, 0.5) is 0 Å². The van der Waals surface area contributed by atoms with Crippen molar-refractivity contribution in [3.8, 4) is 0 Å². The predicted octanol–water partition coefficient (Wildman–Crippen LogP) is 2.95. The van der Waals surface area contributed by atoms with Gasteiger partial charge in [-0.1, -0.05) is 31.5 Å². The zero-order chi connectivity index (χ0) is 11.8. The Morgan fingerprint density at radius 2 is 1.94 bits per heavy atom. The maximum atomic E-state index is 5.48. The molecular formula is C13H26N2S. The molecule has 0 radical (unpaired) electrons. The first-order valence-corrected chi connectivity index (χ1v) is 7.06. The minimum atomic E-state index is 0.662. The average molecular weight is 242 g/mol. The van der Waals surface area contributed by atoms with E-state index in [-0.39, 0.29) is 0 Å². The van der Waals surface area contributed by atoms with E-state index >= 15 is 0 Å². The first kappa shape index (κ1) is 13.9. The average Bonchev–Trinajstić information content (AvgIpc) is 2.25. The summed E-state index contributed by atoms with van der Waals surface area (Å²) >= 11 is 4.87. The van der Waals surface area contributed by atoms with Crippen LogP contribution in [-0.2, 0) is 0 Å². The second kappa shape index (κ2) is 8.02. The molecule has 1 rings (SSSR count). The Labute approximate surface area is 106 Å². The van der Waals surface area contributed by atoms with E-state index in [0.29, 0.717) is 4.99 Å². The van der Waals surface area contributed by atoms with Crippen LogP contribution in [0.25, 0.3) is 0 Å². The van der Waals surface area contributed by atoms with Gasteiger partial charge in [-0.15, -0.1) is 0 Å². The van der Waals surface area contributed by atoms with Crippen LogP contribution in [0, 0.1) is 5.92 Å². The molecule has 0 aromatic carbocycles. The molecule has 0 spiro atoms. The number of unbranched alkanes of at least 4 members (excludes halogenated alkanes) is 1. The van der Waals surface area contributed by atoms with Gasteiger partial charge in [0.2, 0.25) is 0 Å². The van der Waals surface area contributed by atoms with E-state index in [1.54, 1.807) is 0 Å². The lowest BCUT2D eigenvalue weighted by molar-refractivity contribution is 0.231. The molecule has 0 amide bonds. The van der Waals surface area contributed by atoms with E-state index in [2.05, 4.69) is 11.9 Å². The number of rotatable bonds is 7. The Balaban J connectivity index is 2.01. The number of nitrogens with zero attached hydrogens (tertiary/aromatic N) is 1. The Kier molecular flexibility index (Phi) is 6.97. The molecule has 16 heavy (non-hydrogen) atoms. The molecule has 0 unspecified atom stereocenters. The van der Waals surface area contributed by atoms with E-state index in [1.807, 2.05) is 0 Å². The van der Waals surface area contributed by atoms with Gasteiger partial charge in [0.25, 0.3) is 0 Å². The lowest BCUT2D eigenvalue weighted by Gasteiger charge is -2.26. The summed E-state index contributed by atoms with van der Waals surface area (Å²) in [6.45, 7) is 2.48. The number of nitrogens with two attached hydrogens (primary N) is 1. The van der Waals surface area contributed by atoms with Crippen molar-refractivity contribution in [3.63, 3.8) is 0 Å². The van der Waals surface area contributed by atoms with Gasteiger partial charge in [0.15, 0.2) is 0 Å². The van der Waals surface area contributed by atoms with E-state index < -0.39 is 0 Å². The fourth-order valence-corrected chi connectivity index (χ4v) is 2.73. The number of hydrogen-bond donors (Lipinski definition) is 1. The minimum Gasteiger partial charge on any atom is -0.393 e. The molecule has 2 N–H and O–H groups in total. The SMILES string of the molecule is CN(CCCCC(N)=S)CC1CCCCC1. The molecule has 2 nitrogen and oxygen atoms in total. The summed E-state index contributed by atoms with van der Waals surface area (Å²) in [4.78, 5) is 3.14. The summed E-state index contributed by atoms with van der Waals surface area (Å²) in [5.74, 6) is 0.953. The lowest BCUT2D eigenvalue weighted by Crippen LogP contribution is -2.28. The third-order valence-corrected chi connectivity index (χ3v) is 3.71. The van der Waals surface area contributed by atoms with Gasteiger partial charge in [0.05, 0.1) is 4.99 Å². The Hall–Kier alpha value is -0.150. The third kappa shape index (κ3) is 6.44. The first-order chi connectivity index (χ1) is 7.68. The Morgan fingerprint density at radius 1 is 1.25 bits per heavy atom. The Morgan fingerprint density at radius 3 is 2.56 bits per heavy atom. The van der Waals surface area contributed by atoms with Gasteiger partial charge >= 0.3 is 0 Å². The van der Waals surface area contributed by atoms with Crippen molar-refractivity contribution in [2.75, 3.05) is 20.1 Å².